The van der Waals surface area contributed by atoms with E-state index in [9.17, 15) is 13.2 Å². The van der Waals surface area contributed by atoms with E-state index in [-0.39, 0.29) is 29.6 Å². The number of urea groups is 1. The molecule has 1 aromatic carbocycles. The van der Waals surface area contributed by atoms with Crippen molar-refractivity contribution in [3.63, 3.8) is 0 Å². The van der Waals surface area contributed by atoms with Crippen molar-refractivity contribution < 1.29 is 13.2 Å². The van der Waals surface area contributed by atoms with E-state index in [1.807, 2.05) is 13.0 Å². The minimum absolute atomic E-state index is 0.0198. The van der Waals surface area contributed by atoms with Gasteiger partial charge in [-0.05, 0) is 18.6 Å². The predicted molar refractivity (Wildman–Crippen MR) is 85.2 cm³/mol. The largest absolute Gasteiger partial charge is 0.338 e. The van der Waals surface area contributed by atoms with E-state index in [0.717, 1.165) is 6.42 Å². The Bertz CT molecular complexity index is 704. The second-order valence-corrected chi connectivity index (χ2v) is 7.14. The van der Waals surface area contributed by atoms with Crippen LogP contribution in [0.1, 0.15) is 18.9 Å². The van der Waals surface area contributed by atoms with Crippen LogP contribution < -0.4 is 5.32 Å². The van der Waals surface area contributed by atoms with Crippen molar-refractivity contribution in [2.75, 3.05) is 32.7 Å². The zero-order valence-electron chi connectivity index (χ0n) is 13.0. The second-order valence-electron chi connectivity index (χ2n) is 5.23. The molecule has 0 atom stereocenters. The number of carbonyl (C=O) groups is 1. The van der Waals surface area contributed by atoms with Crippen molar-refractivity contribution in [3.05, 3.63) is 29.8 Å². The van der Waals surface area contributed by atoms with Crippen molar-refractivity contribution in [3.8, 4) is 6.07 Å². The number of carbonyl (C=O) groups excluding carboxylic acids is 1. The zero-order valence-corrected chi connectivity index (χ0v) is 13.8. The van der Waals surface area contributed by atoms with Gasteiger partial charge in [-0.2, -0.15) is 9.57 Å². The van der Waals surface area contributed by atoms with Crippen LogP contribution in [0.2, 0.25) is 0 Å². The Morgan fingerprint density at radius 2 is 1.91 bits per heavy atom. The molecular formula is C15H20N4O3S. The molecular weight excluding hydrogens is 316 g/mol. The van der Waals surface area contributed by atoms with Crippen LogP contribution in [-0.2, 0) is 10.0 Å². The Kier molecular flexibility index (Phi) is 5.58. The molecule has 124 valence electrons. The van der Waals surface area contributed by atoms with E-state index in [2.05, 4.69) is 5.32 Å². The summed E-state index contributed by atoms with van der Waals surface area (Å²) in [6.07, 6.45) is 0.852. The number of nitriles is 1. The Morgan fingerprint density at radius 1 is 1.26 bits per heavy atom. The average molecular weight is 336 g/mol. The van der Waals surface area contributed by atoms with Gasteiger partial charge in [0.05, 0.1) is 10.5 Å². The van der Waals surface area contributed by atoms with Crippen molar-refractivity contribution >= 4 is 16.1 Å². The van der Waals surface area contributed by atoms with Gasteiger partial charge in [0.25, 0.3) is 0 Å². The molecule has 2 rings (SSSR count). The van der Waals surface area contributed by atoms with Crippen molar-refractivity contribution in [1.29, 1.82) is 5.26 Å². The fourth-order valence-electron chi connectivity index (χ4n) is 2.40. The highest BCUT2D eigenvalue weighted by Crippen LogP contribution is 2.21. The summed E-state index contributed by atoms with van der Waals surface area (Å²) < 4.78 is 26.7. The minimum atomic E-state index is -3.72. The van der Waals surface area contributed by atoms with Crippen LogP contribution in [0.4, 0.5) is 4.79 Å². The lowest BCUT2D eigenvalue weighted by atomic mass is 10.2. The van der Waals surface area contributed by atoms with Gasteiger partial charge >= 0.3 is 6.03 Å². The number of nitrogens with zero attached hydrogens (tertiary/aromatic N) is 3. The van der Waals surface area contributed by atoms with E-state index in [4.69, 9.17) is 5.26 Å². The third kappa shape index (κ3) is 3.81. The lowest BCUT2D eigenvalue weighted by molar-refractivity contribution is 0.172. The van der Waals surface area contributed by atoms with Crippen LogP contribution in [0.3, 0.4) is 0 Å². The molecule has 23 heavy (non-hydrogen) atoms. The standard InChI is InChI=1S/C15H20N4O3S/c1-2-7-17-15(20)18-8-10-19(11-9-18)23(21,22)14-6-4-3-5-13(14)12-16/h3-6H,2,7-11H2,1H3,(H,17,20). The van der Waals surface area contributed by atoms with Crippen LogP contribution in [-0.4, -0.2) is 56.4 Å². The highest BCUT2D eigenvalue weighted by atomic mass is 32.2. The second kappa shape index (κ2) is 7.44. The molecule has 1 saturated heterocycles. The average Bonchev–Trinajstić information content (AvgIpc) is 2.59. The molecule has 0 radical (unpaired) electrons. The number of rotatable bonds is 4. The molecule has 0 bridgehead atoms. The molecule has 0 saturated carbocycles. The quantitative estimate of drug-likeness (QED) is 0.887. The first-order chi connectivity index (χ1) is 11.0. The molecule has 1 N–H and O–H groups in total. The Balaban J connectivity index is 2.07. The van der Waals surface area contributed by atoms with Gasteiger partial charge in [0.1, 0.15) is 6.07 Å². The highest BCUT2D eigenvalue weighted by molar-refractivity contribution is 7.89. The number of amides is 2. The zero-order chi connectivity index (χ0) is 16.9. The first-order valence-corrected chi connectivity index (χ1v) is 8.96. The summed E-state index contributed by atoms with van der Waals surface area (Å²) in [5, 5.41) is 11.9. The van der Waals surface area contributed by atoms with Gasteiger partial charge in [0.15, 0.2) is 0 Å². The van der Waals surface area contributed by atoms with Gasteiger partial charge < -0.3 is 10.2 Å². The maximum absolute atomic E-state index is 12.7. The van der Waals surface area contributed by atoms with Crippen LogP contribution in [0.5, 0.6) is 0 Å². The Morgan fingerprint density at radius 3 is 2.52 bits per heavy atom. The third-order valence-corrected chi connectivity index (χ3v) is 5.63. The molecule has 0 spiro atoms. The maximum Gasteiger partial charge on any atom is 0.317 e. The molecule has 1 aliphatic rings. The van der Waals surface area contributed by atoms with Gasteiger partial charge in [-0.3, -0.25) is 0 Å². The molecule has 8 heteroatoms. The van der Waals surface area contributed by atoms with Crippen LogP contribution in [0.15, 0.2) is 29.2 Å². The molecule has 2 amide bonds. The summed E-state index contributed by atoms with van der Waals surface area (Å²) in [5.74, 6) is 0. The van der Waals surface area contributed by atoms with E-state index in [1.165, 1.54) is 16.4 Å². The lowest BCUT2D eigenvalue weighted by Crippen LogP contribution is -2.53. The molecule has 1 aliphatic heterocycles. The number of sulfonamides is 1. The summed E-state index contributed by atoms with van der Waals surface area (Å²) >= 11 is 0. The summed E-state index contributed by atoms with van der Waals surface area (Å²) in [5.41, 5.74) is 0.135. The first-order valence-electron chi connectivity index (χ1n) is 7.52. The first kappa shape index (κ1) is 17.2. The van der Waals surface area contributed by atoms with Gasteiger partial charge in [-0.1, -0.05) is 19.1 Å². The molecule has 1 heterocycles. The fraction of sp³-hybridized carbons (Fsp3) is 0.467. The SMILES string of the molecule is CCCNC(=O)N1CCN(S(=O)(=O)c2ccccc2C#N)CC1. The van der Waals surface area contributed by atoms with Gasteiger partial charge in [-0.25, -0.2) is 13.2 Å². The third-order valence-electron chi connectivity index (χ3n) is 3.68. The lowest BCUT2D eigenvalue weighted by Gasteiger charge is -2.34. The number of piperazine rings is 1. The number of nitrogens with one attached hydrogen (secondary N) is 1. The van der Waals surface area contributed by atoms with Crippen LogP contribution in [0, 0.1) is 11.3 Å². The monoisotopic (exact) mass is 336 g/mol. The van der Waals surface area contributed by atoms with Crippen molar-refractivity contribution in [1.82, 2.24) is 14.5 Å². The Labute approximate surface area is 136 Å². The van der Waals surface area contributed by atoms with Crippen molar-refractivity contribution in [2.24, 2.45) is 0 Å². The van der Waals surface area contributed by atoms with E-state index in [0.29, 0.717) is 19.6 Å². The summed E-state index contributed by atoms with van der Waals surface area (Å²) in [7, 11) is -3.72. The van der Waals surface area contributed by atoms with Crippen LogP contribution in [0.25, 0.3) is 0 Å². The van der Waals surface area contributed by atoms with E-state index < -0.39 is 10.0 Å². The summed E-state index contributed by atoms with van der Waals surface area (Å²) in [6.45, 7) is 3.70. The molecule has 1 fully saturated rings. The van der Waals surface area contributed by atoms with Gasteiger partial charge in [-0.15, -0.1) is 0 Å². The van der Waals surface area contributed by atoms with Crippen molar-refractivity contribution in [2.45, 2.75) is 18.2 Å². The van der Waals surface area contributed by atoms with Gasteiger partial charge in [0, 0.05) is 32.7 Å². The smallest absolute Gasteiger partial charge is 0.317 e. The topological polar surface area (TPSA) is 93.5 Å². The predicted octanol–water partition coefficient (Wildman–Crippen LogP) is 0.984. The number of benzene rings is 1. The summed E-state index contributed by atoms with van der Waals surface area (Å²) in [4.78, 5) is 13.5. The minimum Gasteiger partial charge on any atom is -0.338 e. The normalized spacial score (nSPS) is 15.9. The Hall–Kier alpha value is -2.11. The molecule has 0 unspecified atom stereocenters. The molecule has 1 aromatic rings. The van der Waals surface area contributed by atoms with E-state index >= 15 is 0 Å². The van der Waals surface area contributed by atoms with Crippen LogP contribution >= 0.6 is 0 Å². The summed E-state index contributed by atoms with van der Waals surface area (Å²) in [6, 6.07) is 7.90. The number of hydrogen-bond donors (Lipinski definition) is 1. The maximum atomic E-state index is 12.7. The molecule has 0 aliphatic carbocycles. The molecule has 7 nitrogen and oxygen atoms in total. The highest BCUT2D eigenvalue weighted by Gasteiger charge is 2.31. The molecule has 0 aromatic heterocycles. The van der Waals surface area contributed by atoms with E-state index in [1.54, 1.807) is 17.0 Å². The number of hydrogen-bond acceptors (Lipinski definition) is 4. The fourth-order valence-corrected chi connectivity index (χ4v) is 3.96. The van der Waals surface area contributed by atoms with Gasteiger partial charge in [0.2, 0.25) is 10.0 Å².